The molecule has 0 saturated heterocycles. The van der Waals surface area contributed by atoms with Crippen LogP contribution in [0.15, 0.2) is 101 Å². The zero-order valence-corrected chi connectivity index (χ0v) is 21.0. The van der Waals surface area contributed by atoms with Gasteiger partial charge >= 0.3 is 6.18 Å². The second kappa shape index (κ2) is 11.9. The summed E-state index contributed by atoms with van der Waals surface area (Å²) in [7, 11) is 0. The Bertz CT molecular complexity index is 1180. The van der Waals surface area contributed by atoms with Crippen molar-refractivity contribution in [1.82, 2.24) is 0 Å². The monoisotopic (exact) mass is 579 g/mol. The number of rotatable bonds is 8. The standard InChI is InChI=1S/C27H25F3NS.HI/c28-27(29,30)23-14-9-15-24(19-23)32-25-18-22-13-6-7-16-26(22)31(20-25)17-8-2-5-12-21-10-3-1-4-11-21;/h1,3-4,6-7,9-11,13-16,18-20H,2,5,8,12,17H2;1H/q+1;/p-1. The highest BCUT2D eigenvalue weighted by Crippen LogP contribution is 2.34. The van der Waals surface area contributed by atoms with Crippen LogP contribution in [0.5, 0.6) is 0 Å². The first kappa shape index (κ1) is 25.6. The van der Waals surface area contributed by atoms with Crippen molar-refractivity contribution in [1.29, 1.82) is 0 Å². The summed E-state index contributed by atoms with van der Waals surface area (Å²) in [6.07, 6.45) is 2.13. The Labute approximate surface area is 214 Å². The predicted octanol–water partition coefficient (Wildman–Crippen LogP) is 4.71. The molecule has 1 nitrogen and oxygen atoms in total. The molecular weight excluding hydrogens is 554 g/mol. The number of unbranched alkanes of at least 4 members (excludes halogenated alkanes) is 2. The van der Waals surface area contributed by atoms with Gasteiger partial charge in [0, 0.05) is 22.8 Å². The molecule has 4 rings (SSSR count). The van der Waals surface area contributed by atoms with Gasteiger partial charge in [0.25, 0.3) is 0 Å². The number of nitrogens with zero attached hydrogens (tertiary/aromatic N) is 1. The lowest BCUT2D eigenvalue weighted by Gasteiger charge is -2.09. The Morgan fingerprint density at radius 2 is 1.48 bits per heavy atom. The number of alkyl halides is 3. The van der Waals surface area contributed by atoms with E-state index in [0.717, 1.165) is 54.1 Å². The number of para-hydroxylation sites is 1. The van der Waals surface area contributed by atoms with Crippen LogP contribution in [0, 0.1) is 0 Å². The molecule has 0 aliphatic rings. The first-order valence-corrected chi connectivity index (χ1v) is 11.6. The lowest BCUT2D eigenvalue weighted by atomic mass is 10.1. The molecule has 0 atom stereocenters. The lowest BCUT2D eigenvalue weighted by Crippen LogP contribution is -3.00. The minimum Gasteiger partial charge on any atom is -1.00 e. The van der Waals surface area contributed by atoms with E-state index >= 15 is 0 Å². The Balaban J connectivity index is 0.00000306. The van der Waals surface area contributed by atoms with E-state index in [-0.39, 0.29) is 24.0 Å². The maximum Gasteiger partial charge on any atom is 0.416 e. The molecule has 0 N–H and O–H groups in total. The highest BCUT2D eigenvalue weighted by Gasteiger charge is 2.30. The molecule has 1 aromatic heterocycles. The van der Waals surface area contributed by atoms with Crippen molar-refractivity contribution in [3.63, 3.8) is 0 Å². The zero-order chi connectivity index (χ0) is 22.4. The van der Waals surface area contributed by atoms with Crippen LogP contribution < -0.4 is 28.5 Å². The van der Waals surface area contributed by atoms with Crippen molar-refractivity contribution in [3.05, 3.63) is 102 Å². The summed E-state index contributed by atoms with van der Waals surface area (Å²) in [6.45, 7) is 0.881. The maximum atomic E-state index is 13.1. The number of fused-ring (bicyclic) bond motifs is 1. The third-order valence-corrected chi connectivity index (χ3v) is 6.38. The molecule has 0 unspecified atom stereocenters. The van der Waals surface area contributed by atoms with E-state index in [2.05, 4.69) is 47.2 Å². The first-order chi connectivity index (χ1) is 15.5. The number of halogens is 4. The molecule has 172 valence electrons. The molecule has 4 aromatic rings. The van der Waals surface area contributed by atoms with Gasteiger partial charge in [-0.25, -0.2) is 0 Å². The van der Waals surface area contributed by atoms with E-state index in [9.17, 15) is 13.2 Å². The Kier molecular flexibility index (Phi) is 9.20. The average Bonchev–Trinajstić information content (AvgIpc) is 2.79. The minimum absolute atomic E-state index is 0. The van der Waals surface area contributed by atoms with Gasteiger partial charge in [-0.3, -0.25) is 0 Å². The van der Waals surface area contributed by atoms with E-state index in [1.807, 2.05) is 24.3 Å². The summed E-state index contributed by atoms with van der Waals surface area (Å²) in [5.41, 5.74) is 1.89. The van der Waals surface area contributed by atoms with Gasteiger partial charge in [0.15, 0.2) is 6.20 Å². The minimum atomic E-state index is -4.33. The van der Waals surface area contributed by atoms with Crippen molar-refractivity contribution in [2.24, 2.45) is 0 Å². The molecule has 0 spiro atoms. The zero-order valence-electron chi connectivity index (χ0n) is 18.1. The summed E-state index contributed by atoms with van der Waals surface area (Å²) in [5, 5.41) is 1.09. The van der Waals surface area contributed by atoms with Crippen molar-refractivity contribution in [2.75, 3.05) is 0 Å². The first-order valence-electron chi connectivity index (χ1n) is 10.8. The van der Waals surface area contributed by atoms with Crippen LogP contribution in [-0.4, -0.2) is 0 Å². The normalized spacial score (nSPS) is 11.4. The second-order valence-electron chi connectivity index (χ2n) is 7.85. The number of aryl methyl sites for hydroxylation is 2. The fraction of sp³-hybridized carbons (Fsp3) is 0.222. The van der Waals surface area contributed by atoms with Gasteiger partial charge in [-0.2, -0.15) is 17.7 Å². The van der Waals surface area contributed by atoms with Crippen LogP contribution in [0.25, 0.3) is 10.9 Å². The van der Waals surface area contributed by atoms with Crippen LogP contribution in [0.1, 0.15) is 30.4 Å². The molecule has 0 aliphatic carbocycles. The molecular formula is C27H25F3INS. The number of aromatic nitrogens is 1. The Morgan fingerprint density at radius 3 is 2.27 bits per heavy atom. The van der Waals surface area contributed by atoms with Crippen LogP contribution in [0.4, 0.5) is 13.2 Å². The second-order valence-corrected chi connectivity index (χ2v) is 9.00. The summed E-state index contributed by atoms with van der Waals surface area (Å²) < 4.78 is 41.5. The van der Waals surface area contributed by atoms with Gasteiger partial charge in [0.05, 0.1) is 10.5 Å². The number of benzene rings is 3. The molecule has 6 heteroatoms. The lowest BCUT2D eigenvalue weighted by molar-refractivity contribution is -0.673. The molecule has 1 heterocycles. The fourth-order valence-corrected chi connectivity index (χ4v) is 4.80. The smallest absolute Gasteiger partial charge is 0.416 e. The van der Waals surface area contributed by atoms with Crippen molar-refractivity contribution >= 4 is 22.7 Å². The molecule has 0 fully saturated rings. The third-order valence-electron chi connectivity index (χ3n) is 5.43. The Morgan fingerprint density at radius 1 is 0.727 bits per heavy atom. The van der Waals surface area contributed by atoms with Crippen LogP contribution in [-0.2, 0) is 19.1 Å². The molecule has 0 saturated carbocycles. The highest BCUT2D eigenvalue weighted by atomic mass is 127. The molecule has 0 aliphatic heterocycles. The SMILES string of the molecule is FC(F)(F)c1cccc(Sc2cc3ccccc3[n+](CCCCCc3ccccc3)c2)c1.[I-]. The van der Waals surface area contributed by atoms with Crippen molar-refractivity contribution < 1.29 is 41.7 Å². The van der Waals surface area contributed by atoms with Gasteiger partial charge in [0.2, 0.25) is 5.52 Å². The summed E-state index contributed by atoms with van der Waals surface area (Å²) in [6, 6.07) is 26.2. The topological polar surface area (TPSA) is 3.88 Å². The van der Waals surface area contributed by atoms with E-state index < -0.39 is 11.7 Å². The Hall–Kier alpha value is -2.06. The van der Waals surface area contributed by atoms with Gasteiger partial charge in [0.1, 0.15) is 6.54 Å². The fourth-order valence-electron chi connectivity index (χ4n) is 3.83. The van der Waals surface area contributed by atoms with Gasteiger partial charge in [-0.05, 0) is 55.2 Å². The van der Waals surface area contributed by atoms with Crippen LogP contribution in [0.2, 0.25) is 0 Å². The maximum absolute atomic E-state index is 13.1. The van der Waals surface area contributed by atoms with E-state index in [4.69, 9.17) is 0 Å². The molecule has 3 aromatic carbocycles. The number of hydrogen-bond donors (Lipinski definition) is 0. The summed E-state index contributed by atoms with van der Waals surface area (Å²) >= 11 is 1.37. The highest BCUT2D eigenvalue weighted by molar-refractivity contribution is 7.99. The molecule has 0 radical (unpaired) electrons. The predicted molar refractivity (Wildman–Crippen MR) is 124 cm³/mol. The largest absolute Gasteiger partial charge is 1.00 e. The molecule has 0 amide bonds. The van der Waals surface area contributed by atoms with E-state index in [1.165, 1.54) is 29.5 Å². The molecule has 33 heavy (non-hydrogen) atoms. The molecule has 0 bridgehead atoms. The van der Waals surface area contributed by atoms with Crippen molar-refractivity contribution in [3.8, 4) is 0 Å². The van der Waals surface area contributed by atoms with Gasteiger partial charge in [-0.15, -0.1) is 0 Å². The van der Waals surface area contributed by atoms with Crippen LogP contribution >= 0.6 is 11.8 Å². The van der Waals surface area contributed by atoms with Gasteiger partial charge < -0.3 is 24.0 Å². The third kappa shape index (κ3) is 7.21. The van der Waals surface area contributed by atoms with E-state index in [0.29, 0.717) is 4.90 Å². The number of hydrogen-bond acceptors (Lipinski definition) is 1. The quantitative estimate of drug-likeness (QED) is 0.166. The average molecular weight is 579 g/mol. The van der Waals surface area contributed by atoms with Crippen LogP contribution in [0.3, 0.4) is 0 Å². The van der Waals surface area contributed by atoms with E-state index in [1.54, 1.807) is 6.07 Å². The number of pyridine rings is 1. The summed E-state index contributed by atoms with van der Waals surface area (Å²) in [4.78, 5) is 1.52. The van der Waals surface area contributed by atoms with Gasteiger partial charge in [-0.1, -0.05) is 60.3 Å². The van der Waals surface area contributed by atoms with Crippen molar-refractivity contribution in [2.45, 2.75) is 48.2 Å². The summed E-state index contributed by atoms with van der Waals surface area (Å²) in [5.74, 6) is 0.